The standard InChI is InChI=1S/C14H19ClN2O3/c1-9(2)20-13-10(15)4-3-5-11(13)17-14(18)12-8-16-6-7-19-12/h3-5,9,12,16H,6-8H2,1-2H3,(H,17,18). The summed E-state index contributed by atoms with van der Waals surface area (Å²) in [5.74, 6) is 0.286. The SMILES string of the molecule is CC(C)Oc1c(Cl)cccc1NC(=O)C1CNCCO1. The third-order valence-corrected chi connectivity index (χ3v) is 3.10. The van der Waals surface area contributed by atoms with Crippen molar-refractivity contribution < 1.29 is 14.3 Å². The maximum atomic E-state index is 12.1. The van der Waals surface area contributed by atoms with Crippen molar-refractivity contribution in [2.75, 3.05) is 25.0 Å². The molecule has 1 aromatic carbocycles. The van der Waals surface area contributed by atoms with E-state index in [1.54, 1.807) is 18.2 Å². The summed E-state index contributed by atoms with van der Waals surface area (Å²) in [5.41, 5.74) is 0.561. The normalized spacial score (nSPS) is 18.9. The van der Waals surface area contributed by atoms with Crippen molar-refractivity contribution in [2.45, 2.75) is 26.1 Å². The van der Waals surface area contributed by atoms with Crippen LogP contribution in [0.2, 0.25) is 5.02 Å². The summed E-state index contributed by atoms with van der Waals surface area (Å²) >= 11 is 6.12. The van der Waals surface area contributed by atoms with Crippen LogP contribution in [0.4, 0.5) is 5.69 Å². The summed E-state index contributed by atoms with van der Waals surface area (Å²) in [6, 6.07) is 5.26. The molecule has 6 heteroatoms. The average molecular weight is 299 g/mol. The Labute approximate surface area is 123 Å². The molecule has 1 aliphatic heterocycles. The molecule has 1 aliphatic rings. The number of hydrogen-bond donors (Lipinski definition) is 2. The average Bonchev–Trinajstić information content (AvgIpc) is 2.43. The summed E-state index contributed by atoms with van der Waals surface area (Å²) in [6.45, 7) is 5.62. The number of carbonyl (C=O) groups is 1. The highest BCUT2D eigenvalue weighted by Crippen LogP contribution is 2.33. The van der Waals surface area contributed by atoms with E-state index < -0.39 is 6.10 Å². The van der Waals surface area contributed by atoms with Gasteiger partial charge in [0.1, 0.15) is 6.10 Å². The Bertz CT molecular complexity index is 473. The van der Waals surface area contributed by atoms with Crippen molar-refractivity contribution >= 4 is 23.2 Å². The lowest BCUT2D eigenvalue weighted by molar-refractivity contribution is -0.128. The number of anilines is 1. The molecule has 0 radical (unpaired) electrons. The molecule has 2 N–H and O–H groups in total. The van der Waals surface area contributed by atoms with Gasteiger partial charge in [-0.1, -0.05) is 17.7 Å². The summed E-state index contributed by atoms with van der Waals surface area (Å²) in [4.78, 5) is 12.1. The highest BCUT2D eigenvalue weighted by atomic mass is 35.5. The van der Waals surface area contributed by atoms with Crippen molar-refractivity contribution in [1.82, 2.24) is 5.32 Å². The number of halogens is 1. The monoisotopic (exact) mass is 298 g/mol. The van der Waals surface area contributed by atoms with Crippen LogP contribution in [0.3, 0.4) is 0 Å². The smallest absolute Gasteiger partial charge is 0.254 e. The van der Waals surface area contributed by atoms with E-state index in [-0.39, 0.29) is 12.0 Å². The lowest BCUT2D eigenvalue weighted by Gasteiger charge is -2.23. The molecule has 1 unspecified atom stereocenters. The Balaban J connectivity index is 2.11. The van der Waals surface area contributed by atoms with Crippen LogP contribution >= 0.6 is 11.6 Å². The van der Waals surface area contributed by atoms with Crippen molar-refractivity contribution in [3.8, 4) is 5.75 Å². The van der Waals surface area contributed by atoms with Crippen molar-refractivity contribution in [2.24, 2.45) is 0 Å². The Morgan fingerprint density at radius 1 is 1.55 bits per heavy atom. The zero-order valence-corrected chi connectivity index (χ0v) is 12.4. The molecule has 1 atom stereocenters. The molecule has 0 spiro atoms. The maximum absolute atomic E-state index is 12.1. The largest absolute Gasteiger partial charge is 0.487 e. The van der Waals surface area contributed by atoms with Crippen LogP contribution in [0.1, 0.15) is 13.8 Å². The molecule has 1 fully saturated rings. The number of carbonyl (C=O) groups excluding carboxylic acids is 1. The van der Waals surface area contributed by atoms with Gasteiger partial charge in [0.15, 0.2) is 5.75 Å². The van der Waals surface area contributed by atoms with Crippen LogP contribution in [-0.2, 0) is 9.53 Å². The highest BCUT2D eigenvalue weighted by molar-refractivity contribution is 6.32. The first-order valence-electron chi connectivity index (χ1n) is 6.66. The Morgan fingerprint density at radius 2 is 2.35 bits per heavy atom. The van der Waals surface area contributed by atoms with Gasteiger partial charge < -0.3 is 20.1 Å². The van der Waals surface area contributed by atoms with E-state index in [1.165, 1.54) is 0 Å². The van der Waals surface area contributed by atoms with Crippen LogP contribution in [-0.4, -0.2) is 37.8 Å². The number of benzene rings is 1. The van der Waals surface area contributed by atoms with Gasteiger partial charge in [0.25, 0.3) is 5.91 Å². The third kappa shape index (κ3) is 3.85. The number of nitrogens with one attached hydrogen (secondary N) is 2. The molecule has 110 valence electrons. The first-order chi connectivity index (χ1) is 9.58. The Hall–Kier alpha value is -1.30. The molecule has 0 saturated carbocycles. The van der Waals surface area contributed by atoms with E-state index >= 15 is 0 Å². The Kier molecular flexibility index (Phi) is 5.23. The second kappa shape index (κ2) is 6.92. The van der Waals surface area contributed by atoms with Gasteiger partial charge in [0.05, 0.1) is 23.4 Å². The molecule has 20 heavy (non-hydrogen) atoms. The highest BCUT2D eigenvalue weighted by Gasteiger charge is 2.23. The number of amides is 1. The fourth-order valence-corrected chi connectivity index (χ4v) is 2.13. The van der Waals surface area contributed by atoms with E-state index in [9.17, 15) is 4.79 Å². The molecule has 1 aromatic rings. The topological polar surface area (TPSA) is 59.6 Å². The van der Waals surface area contributed by atoms with Gasteiger partial charge in [0.2, 0.25) is 0 Å². The van der Waals surface area contributed by atoms with Crippen LogP contribution in [0.25, 0.3) is 0 Å². The number of ether oxygens (including phenoxy) is 2. The molecule has 1 heterocycles. The molecule has 1 saturated heterocycles. The van der Waals surface area contributed by atoms with Crippen molar-refractivity contribution in [1.29, 1.82) is 0 Å². The number of hydrogen-bond acceptors (Lipinski definition) is 4. The lowest BCUT2D eigenvalue weighted by Crippen LogP contribution is -2.45. The molecular weight excluding hydrogens is 280 g/mol. The number of morpholine rings is 1. The maximum Gasteiger partial charge on any atom is 0.254 e. The minimum atomic E-state index is -0.491. The molecule has 0 bridgehead atoms. The first-order valence-corrected chi connectivity index (χ1v) is 7.04. The van der Waals surface area contributed by atoms with Gasteiger partial charge in [-0.3, -0.25) is 4.79 Å². The Morgan fingerprint density at radius 3 is 3.00 bits per heavy atom. The fourth-order valence-electron chi connectivity index (χ4n) is 1.91. The predicted molar refractivity (Wildman–Crippen MR) is 78.5 cm³/mol. The van der Waals surface area contributed by atoms with E-state index in [4.69, 9.17) is 21.1 Å². The fraction of sp³-hybridized carbons (Fsp3) is 0.500. The van der Waals surface area contributed by atoms with E-state index in [0.717, 1.165) is 6.54 Å². The lowest BCUT2D eigenvalue weighted by atomic mass is 10.2. The minimum absolute atomic E-state index is 0.0295. The van der Waals surface area contributed by atoms with E-state index in [0.29, 0.717) is 29.6 Å². The van der Waals surface area contributed by atoms with Gasteiger partial charge in [-0.15, -0.1) is 0 Å². The number of para-hydroxylation sites is 1. The van der Waals surface area contributed by atoms with Crippen molar-refractivity contribution in [3.05, 3.63) is 23.2 Å². The van der Waals surface area contributed by atoms with Gasteiger partial charge in [-0.05, 0) is 26.0 Å². The zero-order chi connectivity index (χ0) is 14.5. The first kappa shape index (κ1) is 15.1. The van der Waals surface area contributed by atoms with Crippen LogP contribution in [0, 0.1) is 0 Å². The predicted octanol–water partition coefficient (Wildman–Crippen LogP) is 2.05. The molecule has 5 nitrogen and oxygen atoms in total. The summed E-state index contributed by atoms with van der Waals surface area (Å²) < 4.78 is 11.1. The van der Waals surface area contributed by atoms with Gasteiger partial charge in [0, 0.05) is 13.1 Å². The van der Waals surface area contributed by atoms with Gasteiger partial charge >= 0.3 is 0 Å². The summed E-state index contributed by atoms with van der Waals surface area (Å²) in [6.07, 6.45) is -0.521. The molecule has 1 amide bonds. The van der Waals surface area contributed by atoms with E-state index in [2.05, 4.69) is 10.6 Å². The molecular formula is C14H19ClN2O3. The van der Waals surface area contributed by atoms with Crippen LogP contribution < -0.4 is 15.4 Å². The zero-order valence-electron chi connectivity index (χ0n) is 11.6. The third-order valence-electron chi connectivity index (χ3n) is 2.80. The van der Waals surface area contributed by atoms with Crippen LogP contribution in [0.5, 0.6) is 5.75 Å². The van der Waals surface area contributed by atoms with E-state index in [1.807, 2.05) is 13.8 Å². The summed E-state index contributed by atoms with van der Waals surface area (Å²) in [5, 5.41) is 6.40. The quantitative estimate of drug-likeness (QED) is 0.893. The number of rotatable bonds is 4. The van der Waals surface area contributed by atoms with Gasteiger partial charge in [-0.25, -0.2) is 0 Å². The molecule has 0 aliphatic carbocycles. The van der Waals surface area contributed by atoms with Gasteiger partial charge in [-0.2, -0.15) is 0 Å². The summed E-state index contributed by atoms with van der Waals surface area (Å²) in [7, 11) is 0. The molecule has 0 aromatic heterocycles. The van der Waals surface area contributed by atoms with Crippen molar-refractivity contribution in [3.63, 3.8) is 0 Å². The second-order valence-electron chi connectivity index (χ2n) is 4.84. The minimum Gasteiger partial charge on any atom is -0.487 e. The van der Waals surface area contributed by atoms with Crippen LogP contribution in [0.15, 0.2) is 18.2 Å². The second-order valence-corrected chi connectivity index (χ2v) is 5.24. The molecule has 2 rings (SSSR count).